The van der Waals surface area contributed by atoms with Crippen LogP contribution in [0.25, 0.3) is 100 Å². The first-order valence-electron chi connectivity index (χ1n) is 23.8. The Balaban J connectivity index is 1.03. The molecule has 0 unspecified atom stereocenters. The third-order valence-electron chi connectivity index (χ3n) is 14.6. The van der Waals surface area contributed by atoms with Gasteiger partial charge < -0.3 is 13.9 Å². The van der Waals surface area contributed by atoms with Gasteiger partial charge in [0.15, 0.2) is 17.5 Å². The van der Waals surface area contributed by atoms with E-state index < -0.39 is 5.41 Å². The number of aromatic nitrogens is 5. The summed E-state index contributed by atoms with van der Waals surface area (Å²) in [7, 11) is 0. The Morgan fingerprint density at radius 1 is 0.329 bits per heavy atom. The zero-order chi connectivity index (χ0) is 45.9. The van der Waals surface area contributed by atoms with Gasteiger partial charge in [-0.3, -0.25) is 0 Å². The highest BCUT2D eigenvalue weighted by molar-refractivity contribution is 6.26. The molecular weight excluding hydrogens is 855 g/mol. The average molecular weight is 894 g/mol. The zero-order valence-electron chi connectivity index (χ0n) is 37.7. The monoisotopic (exact) mass is 893 g/mol. The maximum atomic E-state index is 6.75. The lowest BCUT2D eigenvalue weighted by atomic mass is 9.66. The van der Waals surface area contributed by atoms with Crippen LogP contribution in [-0.2, 0) is 5.41 Å². The Labute approximate surface area is 403 Å². The quantitative estimate of drug-likeness (QED) is 0.173. The molecule has 13 aromatic rings. The molecule has 0 saturated heterocycles. The van der Waals surface area contributed by atoms with Gasteiger partial charge >= 0.3 is 0 Å². The lowest BCUT2D eigenvalue weighted by Crippen LogP contribution is -2.32. The summed E-state index contributed by atoms with van der Waals surface area (Å²) in [6, 6.07) is 84.4. The van der Waals surface area contributed by atoms with Crippen molar-refractivity contribution in [3.8, 4) is 68.2 Å². The number of fused-ring (bicyclic) bond motifs is 16. The number of hydrogen-bond donors (Lipinski definition) is 0. The first kappa shape index (κ1) is 38.7. The molecule has 0 fully saturated rings. The van der Waals surface area contributed by atoms with Gasteiger partial charge in [0.05, 0.1) is 27.5 Å². The van der Waals surface area contributed by atoms with Crippen molar-refractivity contribution >= 4 is 43.6 Å². The summed E-state index contributed by atoms with van der Waals surface area (Å²) in [5, 5.41) is 4.85. The molecule has 0 bridgehead atoms. The lowest BCUT2D eigenvalue weighted by molar-refractivity contribution is 0.436. The molecule has 4 heterocycles. The van der Waals surface area contributed by atoms with Crippen molar-refractivity contribution in [1.82, 2.24) is 24.1 Å². The first-order chi connectivity index (χ1) is 34.7. The van der Waals surface area contributed by atoms with Crippen LogP contribution >= 0.6 is 0 Å². The van der Waals surface area contributed by atoms with Gasteiger partial charge in [-0.15, -0.1) is 0 Å². The molecule has 1 aliphatic heterocycles. The van der Waals surface area contributed by atoms with Gasteiger partial charge in [0.1, 0.15) is 11.5 Å². The van der Waals surface area contributed by atoms with Crippen LogP contribution in [0.3, 0.4) is 0 Å². The third-order valence-corrected chi connectivity index (χ3v) is 14.6. The van der Waals surface area contributed by atoms with E-state index in [2.05, 4.69) is 209 Å². The molecule has 6 nitrogen and oxygen atoms in total. The highest BCUT2D eigenvalue weighted by atomic mass is 16.5. The van der Waals surface area contributed by atoms with Crippen molar-refractivity contribution in [2.24, 2.45) is 0 Å². The summed E-state index contributed by atoms with van der Waals surface area (Å²) in [4.78, 5) is 15.5. The van der Waals surface area contributed by atoms with E-state index in [-0.39, 0.29) is 0 Å². The van der Waals surface area contributed by atoms with Gasteiger partial charge in [-0.1, -0.05) is 176 Å². The highest BCUT2D eigenvalue weighted by Crippen LogP contribution is 2.62. The third kappa shape index (κ3) is 5.41. The van der Waals surface area contributed by atoms with E-state index in [1.54, 1.807) is 0 Å². The van der Waals surface area contributed by atoms with Crippen molar-refractivity contribution in [3.63, 3.8) is 0 Å². The van der Waals surface area contributed by atoms with Crippen LogP contribution in [0.2, 0.25) is 0 Å². The van der Waals surface area contributed by atoms with E-state index in [1.165, 1.54) is 43.7 Å². The number of ether oxygens (including phenoxy) is 1. The molecule has 326 valence electrons. The largest absolute Gasteiger partial charge is 0.457 e. The van der Waals surface area contributed by atoms with Crippen molar-refractivity contribution in [1.29, 1.82) is 0 Å². The fraction of sp³-hybridized carbons (Fsp3) is 0.0156. The molecule has 70 heavy (non-hydrogen) atoms. The SMILES string of the molecule is c1ccc(-c2nc(-c3ccccc3)nc(-c3ccc4c(c3)-c3cc(-n5c6ccccc6c6ccc7c(c8ccccc8n7-c7ccccc7)c65)ccc3C43c4ccccc4Oc4ccccc43)n2)cc1. The Morgan fingerprint density at radius 3 is 1.50 bits per heavy atom. The van der Waals surface area contributed by atoms with E-state index in [0.717, 1.165) is 72.9 Å². The molecule has 2 aliphatic rings. The van der Waals surface area contributed by atoms with E-state index >= 15 is 0 Å². The van der Waals surface area contributed by atoms with Crippen LogP contribution < -0.4 is 4.74 Å². The van der Waals surface area contributed by atoms with Crippen LogP contribution in [0.1, 0.15) is 22.3 Å². The number of rotatable bonds is 5. The summed E-state index contributed by atoms with van der Waals surface area (Å²) in [5.41, 5.74) is 15.8. The number of benzene rings is 10. The van der Waals surface area contributed by atoms with Crippen molar-refractivity contribution in [3.05, 3.63) is 259 Å². The Hall–Kier alpha value is -9.39. The average Bonchev–Trinajstić information content (AvgIpc) is 4.05. The van der Waals surface area contributed by atoms with E-state index in [0.29, 0.717) is 17.5 Å². The smallest absolute Gasteiger partial charge is 0.164 e. The second-order valence-corrected chi connectivity index (χ2v) is 18.3. The second kappa shape index (κ2) is 14.8. The molecule has 0 N–H and O–H groups in total. The number of nitrogens with zero attached hydrogens (tertiary/aromatic N) is 5. The molecule has 3 aromatic heterocycles. The molecule has 0 atom stereocenters. The molecule has 0 radical (unpaired) electrons. The molecule has 0 amide bonds. The summed E-state index contributed by atoms with van der Waals surface area (Å²) < 4.78 is 11.7. The Kier molecular flexibility index (Phi) is 8.18. The minimum Gasteiger partial charge on any atom is -0.457 e. The van der Waals surface area contributed by atoms with Crippen molar-refractivity contribution in [2.75, 3.05) is 0 Å². The van der Waals surface area contributed by atoms with Crippen LogP contribution in [-0.4, -0.2) is 24.1 Å². The Bertz CT molecular complexity index is 4170. The lowest BCUT2D eigenvalue weighted by Gasteiger charge is -2.39. The fourth-order valence-corrected chi connectivity index (χ4v) is 11.7. The van der Waals surface area contributed by atoms with Crippen LogP contribution in [0.15, 0.2) is 237 Å². The van der Waals surface area contributed by atoms with Crippen LogP contribution in [0, 0.1) is 0 Å². The van der Waals surface area contributed by atoms with Gasteiger partial charge in [-0.25, -0.2) is 15.0 Å². The van der Waals surface area contributed by atoms with E-state index in [4.69, 9.17) is 19.7 Å². The summed E-state index contributed by atoms with van der Waals surface area (Å²) in [5.74, 6) is 3.57. The molecule has 10 aromatic carbocycles. The maximum Gasteiger partial charge on any atom is 0.164 e. The maximum absolute atomic E-state index is 6.75. The van der Waals surface area contributed by atoms with Crippen LogP contribution in [0.5, 0.6) is 11.5 Å². The summed E-state index contributed by atoms with van der Waals surface area (Å²) in [6.45, 7) is 0. The molecular formula is C64H39N5O. The van der Waals surface area contributed by atoms with Gasteiger partial charge in [-0.2, -0.15) is 0 Å². The minimum absolute atomic E-state index is 0.613. The minimum atomic E-state index is -0.673. The molecule has 15 rings (SSSR count). The zero-order valence-corrected chi connectivity index (χ0v) is 37.7. The predicted octanol–water partition coefficient (Wildman–Crippen LogP) is 15.5. The predicted molar refractivity (Wildman–Crippen MR) is 282 cm³/mol. The molecule has 6 heteroatoms. The van der Waals surface area contributed by atoms with E-state index in [9.17, 15) is 0 Å². The molecule has 1 aliphatic carbocycles. The fourth-order valence-electron chi connectivity index (χ4n) is 11.7. The second-order valence-electron chi connectivity index (χ2n) is 18.3. The van der Waals surface area contributed by atoms with Gasteiger partial charge in [-0.05, 0) is 82.9 Å². The molecule has 1 spiro atoms. The van der Waals surface area contributed by atoms with Gasteiger partial charge in [0.25, 0.3) is 0 Å². The topological polar surface area (TPSA) is 57.8 Å². The van der Waals surface area contributed by atoms with Gasteiger partial charge in [0, 0.05) is 60.7 Å². The van der Waals surface area contributed by atoms with Gasteiger partial charge in [0.2, 0.25) is 0 Å². The molecule has 0 saturated carbocycles. The first-order valence-corrected chi connectivity index (χ1v) is 23.8. The standard InChI is InChI=1S/C64H39N5O/c1-4-18-40(19-5-1)61-65-62(41-20-6-2-7-21-41)67-63(66-61)42-32-35-50-48(38-42)49-39-44(33-36-51(49)64(50)52-26-12-16-30-57(52)70-58-31-17-13-27-53(58)64)69-54-28-14-10-24-45(54)46-34-37-56-59(60(46)69)47-25-11-15-29-55(47)68(56)43-22-8-3-9-23-43/h1-39H. The Morgan fingerprint density at radius 2 is 0.843 bits per heavy atom. The summed E-state index contributed by atoms with van der Waals surface area (Å²) >= 11 is 0. The summed E-state index contributed by atoms with van der Waals surface area (Å²) in [6.07, 6.45) is 0. The number of para-hydroxylation sites is 5. The normalized spacial score (nSPS) is 13.1. The highest BCUT2D eigenvalue weighted by Gasteiger charge is 2.51. The van der Waals surface area contributed by atoms with E-state index in [1.807, 2.05) is 36.4 Å². The van der Waals surface area contributed by atoms with Crippen LogP contribution in [0.4, 0.5) is 0 Å². The number of hydrogen-bond acceptors (Lipinski definition) is 4. The van der Waals surface area contributed by atoms with Crippen molar-refractivity contribution < 1.29 is 4.74 Å². The van der Waals surface area contributed by atoms with Crippen molar-refractivity contribution in [2.45, 2.75) is 5.41 Å².